The summed E-state index contributed by atoms with van der Waals surface area (Å²) >= 11 is 11.7. The molecule has 1 aromatic carbocycles. The fourth-order valence-corrected chi connectivity index (χ4v) is 3.19. The van der Waals surface area contributed by atoms with Crippen LogP contribution in [-0.2, 0) is 6.42 Å². The van der Waals surface area contributed by atoms with E-state index in [2.05, 4.69) is 27.2 Å². The summed E-state index contributed by atoms with van der Waals surface area (Å²) in [5.41, 5.74) is 2.84. The first-order chi connectivity index (χ1) is 11.0. The highest BCUT2D eigenvalue weighted by Crippen LogP contribution is 2.17. The van der Waals surface area contributed by atoms with Gasteiger partial charge in [0.2, 0.25) is 0 Å². The number of halogens is 1. The highest BCUT2D eigenvalue weighted by Gasteiger charge is 2.19. The lowest BCUT2D eigenvalue weighted by Crippen LogP contribution is -2.47. The molecule has 7 heteroatoms. The highest BCUT2D eigenvalue weighted by molar-refractivity contribution is 7.80. The summed E-state index contributed by atoms with van der Waals surface area (Å²) in [6, 6.07) is 7.61. The molecule has 0 unspecified atom stereocenters. The van der Waals surface area contributed by atoms with E-state index in [9.17, 15) is 0 Å². The fourth-order valence-electron chi connectivity index (χ4n) is 2.69. The minimum absolute atomic E-state index is 0.658. The Morgan fingerprint density at radius 1 is 1.26 bits per heavy atom. The first-order valence-electron chi connectivity index (χ1n) is 7.68. The van der Waals surface area contributed by atoms with E-state index < -0.39 is 0 Å². The minimum atomic E-state index is 0.658. The molecule has 0 amide bonds. The largest absolute Gasteiger partial charge is 0.363 e. The van der Waals surface area contributed by atoms with Gasteiger partial charge in [0.15, 0.2) is 0 Å². The Labute approximate surface area is 146 Å². The van der Waals surface area contributed by atoms with Gasteiger partial charge in [-0.1, -0.05) is 35.1 Å². The minimum Gasteiger partial charge on any atom is -0.363 e. The van der Waals surface area contributed by atoms with Crippen molar-refractivity contribution in [3.63, 3.8) is 0 Å². The Morgan fingerprint density at radius 3 is 2.70 bits per heavy atom. The summed E-state index contributed by atoms with van der Waals surface area (Å²) in [6.07, 6.45) is 0.658. The smallest absolute Gasteiger partial charge is 0.0928 e. The topological polar surface area (TPSA) is 37.2 Å². The van der Waals surface area contributed by atoms with Crippen molar-refractivity contribution in [3.05, 3.63) is 40.7 Å². The third kappa shape index (κ3) is 3.71. The number of hydrogen-bond donors (Lipinski definition) is 0. The summed E-state index contributed by atoms with van der Waals surface area (Å²) in [7, 11) is 2.14. The highest BCUT2D eigenvalue weighted by atomic mass is 35.5. The van der Waals surface area contributed by atoms with Crippen LogP contribution >= 0.6 is 23.8 Å². The Morgan fingerprint density at radius 2 is 2.00 bits per heavy atom. The van der Waals surface area contributed by atoms with E-state index in [0.29, 0.717) is 11.4 Å². The second-order valence-electron chi connectivity index (χ2n) is 5.87. The van der Waals surface area contributed by atoms with Crippen molar-refractivity contribution in [1.29, 1.82) is 0 Å². The molecule has 1 aliphatic rings. The van der Waals surface area contributed by atoms with E-state index in [0.717, 1.165) is 48.2 Å². The van der Waals surface area contributed by atoms with Gasteiger partial charge in [-0.25, -0.2) is 4.68 Å². The van der Waals surface area contributed by atoms with Gasteiger partial charge in [-0.3, -0.25) is 0 Å². The zero-order valence-corrected chi connectivity index (χ0v) is 14.9. The van der Waals surface area contributed by atoms with Crippen molar-refractivity contribution in [1.82, 2.24) is 24.8 Å². The van der Waals surface area contributed by atoms with Crippen LogP contribution in [0.25, 0.3) is 5.69 Å². The maximum Gasteiger partial charge on any atom is 0.0928 e. The number of hydrogen-bond acceptors (Lipinski definition) is 4. The number of likely N-dealkylation sites (N-methyl/N-ethyl adjacent to an activating group) is 1. The van der Waals surface area contributed by atoms with E-state index in [1.54, 1.807) is 0 Å². The molecule has 1 aliphatic heterocycles. The predicted molar refractivity (Wildman–Crippen MR) is 96.5 cm³/mol. The van der Waals surface area contributed by atoms with Gasteiger partial charge in [-0.05, 0) is 32.2 Å². The molecule has 5 nitrogen and oxygen atoms in total. The van der Waals surface area contributed by atoms with Crippen LogP contribution in [0.4, 0.5) is 0 Å². The predicted octanol–water partition coefficient (Wildman–Crippen LogP) is 2.35. The Balaban J connectivity index is 1.73. The molecule has 0 radical (unpaired) electrons. The molecule has 0 saturated carbocycles. The molecule has 0 aliphatic carbocycles. The zero-order valence-electron chi connectivity index (χ0n) is 13.4. The van der Waals surface area contributed by atoms with E-state index in [1.165, 1.54) is 0 Å². The number of nitrogens with zero attached hydrogens (tertiary/aromatic N) is 5. The van der Waals surface area contributed by atoms with Crippen LogP contribution in [-0.4, -0.2) is 63.0 Å². The van der Waals surface area contributed by atoms with Gasteiger partial charge in [-0.15, -0.1) is 5.10 Å². The molecule has 0 bridgehead atoms. The molecule has 2 heterocycles. The maximum absolute atomic E-state index is 6.06. The van der Waals surface area contributed by atoms with Gasteiger partial charge >= 0.3 is 0 Å². The van der Waals surface area contributed by atoms with Gasteiger partial charge in [0, 0.05) is 37.6 Å². The first kappa shape index (κ1) is 16.4. The Bertz CT molecular complexity index is 706. The number of piperazine rings is 1. The number of thiocarbonyl (C=S) groups is 1. The van der Waals surface area contributed by atoms with Crippen molar-refractivity contribution >= 4 is 28.8 Å². The molecular formula is C16H20ClN5S. The summed E-state index contributed by atoms with van der Waals surface area (Å²) in [5, 5.41) is 9.26. The van der Waals surface area contributed by atoms with Gasteiger partial charge in [0.1, 0.15) is 0 Å². The number of benzene rings is 1. The third-order valence-corrected chi connectivity index (χ3v) is 4.86. The molecule has 0 N–H and O–H groups in total. The molecule has 3 rings (SSSR count). The molecular weight excluding hydrogens is 330 g/mol. The fraction of sp³-hybridized carbons (Fsp3) is 0.438. The van der Waals surface area contributed by atoms with Crippen molar-refractivity contribution in [2.75, 3.05) is 33.2 Å². The Hall–Kier alpha value is -1.50. The lowest BCUT2D eigenvalue weighted by molar-refractivity contribution is 0.216. The maximum atomic E-state index is 6.06. The molecule has 0 atom stereocenters. The van der Waals surface area contributed by atoms with Crippen LogP contribution in [0.2, 0.25) is 5.02 Å². The second-order valence-corrected chi connectivity index (χ2v) is 6.78. The Kier molecular flexibility index (Phi) is 4.94. The summed E-state index contributed by atoms with van der Waals surface area (Å²) in [4.78, 5) is 5.53. The van der Waals surface area contributed by atoms with Gasteiger partial charge in [-0.2, -0.15) is 0 Å². The SMILES string of the molecule is Cc1c(CC(=S)N2CCN(C)CC2)nnn1-c1cccc(Cl)c1. The van der Waals surface area contributed by atoms with Crippen LogP contribution in [0, 0.1) is 6.92 Å². The van der Waals surface area contributed by atoms with Crippen molar-refractivity contribution in [3.8, 4) is 5.69 Å². The summed E-state index contributed by atoms with van der Waals surface area (Å²) < 4.78 is 1.81. The molecule has 0 spiro atoms. The van der Waals surface area contributed by atoms with Gasteiger partial charge in [0.05, 0.1) is 22.1 Å². The van der Waals surface area contributed by atoms with Crippen LogP contribution in [0.15, 0.2) is 24.3 Å². The van der Waals surface area contributed by atoms with Crippen LogP contribution in [0.5, 0.6) is 0 Å². The average molecular weight is 350 g/mol. The van der Waals surface area contributed by atoms with Crippen molar-refractivity contribution < 1.29 is 0 Å². The van der Waals surface area contributed by atoms with Crippen LogP contribution in [0.1, 0.15) is 11.4 Å². The lowest BCUT2D eigenvalue weighted by Gasteiger charge is -2.34. The molecule has 1 aromatic heterocycles. The van der Waals surface area contributed by atoms with E-state index in [-0.39, 0.29) is 0 Å². The third-order valence-electron chi connectivity index (χ3n) is 4.22. The van der Waals surface area contributed by atoms with Gasteiger partial charge < -0.3 is 9.80 Å². The lowest BCUT2D eigenvalue weighted by atomic mass is 10.2. The van der Waals surface area contributed by atoms with Crippen LogP contribution < -0.4 is 0 Å². The monoisotopic (exact) mass is 349 g/mol. The van der Waals surface area contributed by atoms with E-state index in [4.69, 9.17) is 23.8 Å². The van der Waals surface area contributed by atoms with Crippen molar-refractivity contribution in [2.24, 2.45) is 0 Å². The molecule has 1 fully saturated rings. The number of rotatable bonds is 3. The second kappa shape index (κ2) is 6.95. The normalized spacial score (nSPS) is 15.9. The first-order valence-corrected chi connectivity index (χ1v) is 8.46. The summed E-state index contributed by atoms with van der Waals surface area (Å²) in [6.45, 7) is 6.08. The van der Waals surface area contributed by atoms with Crippen molar-refractivity contribution in [2.45, 2.75) is 13.3 Å². The number of aromatic nitrogens is 3. The molecule has 23 heavy (non-hydrogen) atoms. The molecule has 1 saturated heterocycles. The van der Waals surface area contributed by atoms with Crippen LogP contribution in [0.3, 0.4) is 0 Å². The van der Waals surface area contributed by atoms with E-state index in [1.807, 2.05) is 35.9 Å². The molecule has 2 aromatic rings. The van der Waals surface area contributed by atoms with Gasteiger partial charge in [0.25, 0.3) is 0 Å². The summed E-state index contributed by atoms with van der Waals surface area (Å²) in [5.74, 6) is 0. The molecule has 122 valence electrons. The van der Waals surface area contributed by atoms with E-state index >= 15 is 0 Å². The quantitative estimate of drug-likeness (QED) is 0.795. The standard InChI is InChI=1S/C16H20ClN5S/c1-12-15(11-16(23)21-8-6-20(2)7-9-21)18-19-22(12)14-5-3-4-13(17)10-14/h3-5,10H,6-9,11H2,1-2H3. The zero-order chi connectivity index (χ0) is 16.4. The average Bonchev–Trinajstić information content (AvgIpc) is 2.89.